The molecule has 8 heteroatoms. The van der Waals surface area contributed by atoms with E-state index >= 15 is 0 Å². The van der Waals surface area contributed by atoms with Crippen LogP contribution in [0, 0.1) is 5.92 Å². The van der Waals surface area contributed by atoms with Crippen LogP contribution < -0.4 is 5.32 Å². The zero-order valence-electron chi connectivity index (χ0n) is 12.9. The van der Waals surface area contributed by atoms with Gasteiger partial charge in [-0.15, -0.1) is 0 Å². The van der Waals surface area contributed by atoms with E-state index in [1.807, 2.05) is 6.92 Å². The highest BCUT2D eigenvalue weighted by atomic mass is 19.4. The molecule has 0 unspecified atom stereocenters. The van der Waals surface area contributed by atoms with Crippen molar-refractivity contribution in [1.29, 1.82) is 0 Å². The number of rotatable bonds is 3. The van der Waals surface area contributed by atoms with Gasteiger partial charge < -0.3 is 10.1 Å². The van der Waals surface area contributed by atoms with Gasteiger partial charge in [0, 0.05) is 12.4 Å². The molecule has 0 aliphatic carbocycles. The van der Waals surface area contributed by atoms with Crippen molar-refractivity contribution in [2.75, 3.05) is 11.9 Å². The molecule has 2 aromatic rings. The minimum absolute atomic E-state index is 0.0648. The Labute approximate surface area is 136 Å². The number of amides is 1. The van der Waals surface area contributed by atoms with Crippen LogP contribution in [0.3, 0.4) is 0 Å². The van der Waals surface area contributed by atoms with Crippen LogP contribution >= 0.6 is 0 Å². The maximum atomic E-state index is 13.4. The number of nitrogens with zero attached hydrogens (tertiary/aromatic N) is 2. The molecule has 24 heavy (non-hydrogen) atoms. The van der Waals surface area contributed by atoms with E-state index in [0.717, 1.165) is 6.07 Å². The first-order valence-corrected chi connectivity index (χ1v) is 7.48. The molecule has 0 radical (unpaired) electrons. The van der Waals surface area contributed by atoms with Crippen LogP contribution in [0.2, 0.25) is 0 Å². The van der Waals surface area contributed by atoms with Crippen LogP contribution in [0.1, 0.15) is 18.9 Å². The molecule has 3 rings (SSSR count). The zero-order chi connectivity index (χ0) is 17.3. The maximum absolute atomic E-state index is 13.4. The van der Waals surface area contributed by atoms with Crippen LogP contribution in [0.5, 0.6) is 0 Å². The monoisotopic (exact) mass is 339 g/mol. The van der Waals surface area contributed by atoms with Gasteiger partial charge in [0.05, 0.1) is 35.6 Å². The molecule has 0 spiro atoms. The van der Waals surface area contributed by atoms with Crippen LogP contribution in [0.4, 0.5) is 18.9 Å². The molecule has 2 atom stereocenters. The average Bonchev–Trinajstić information content (AvgIpc) is 3.18. The van der Waals surface area contributed by atoms with Crippen molar-refractivity contribution in [3.63, 3.8) is 0 Å². The smallest absolute Gasteiger partial charge is 0.378 e. The van der Waals surface area contributed by atoms with Gasteiger partial charge in [-0.2, -0.15) is 18.3 Å². The van der Waals surface area contributed by atoms with Crippen LogP contribution in [0.15, 0.2) is 36.7 Å². The predicted molar refractivity (Wildman–Crippen MR) is 80.7 cm³/mol. The highest BCUT2D eigenvalue weighted by Gasteiger charge is 2.36. The van der Waals surface area contributed by atoms with Crippen LogP contribution in [0.25, 0.3) is 5.69 Å². The van der Waals surface area contributed by atoms with Crippen molar-refractivity contribution in [2.24, 2.45) is 5.92 Å². The zero-order valence-corrected chi connectivity index (χ0v) is 12.9. The molecular weight excluding hydrogens is 323 g/mol. The molecule has 1 aliphatic rings. The number of alkyl halides is 3. The van der Waals surface area contributed by atoms with Gasteiger partial charge in [-0.05, 0) is 37.6 Å². The molecule has 1 saturated heterocycles. The molecule has 128 valence electrons. The van der Waals surface area contributed by atoms with Gasteiger partial charge in [0.1, 0.15) is 0 Å². The number of hydrogen-bond donors (Lipinski definition) is 1. The van der Waals surface area contributed by atoms with E-state index in [1.165, 1.54) is 23.0 Å². The lowest BCUT2D eigenvalue weighted by atomic mass is 10.0. The Bertz CT molecular complexity index is 729. The van der Waals surface area contributed by atoms with Gasteiger partial charge in [0.15, 0.2) is 0 Å². The van der Waals surface area contributed by atoms with Crippen molar-refractivity contribution in [1.82, 2.24) is 9.78 Å². The van der Waals surface area contributed by atoms with Crippen molar-refractivity contribution < 1.29 is 22.7 Å². The van der Waals surface area contributed by atoms with E-state index in [4.69, 9.17) is 4.74 Å². The summed E-state index contributed by atoms with van der Waals surface area (Å²) >= 11 is 0. The summed E-state index contributed by atoms with van der Waals surface area (Å²) in [5.74, 6) is -0.899. The fourth-order valence-corrected chi connectivity index (χ4v) is 2.67. The SMILES string of the molecule is C[C@@H]1C[C@H](C(=O)Nc2ccc(-n3cccn3)cc2C(F)(F)F)CO1. The molecule has 0 saturated carbocycles. The Morgan fingerprint density at radius 1 is 1.42 bits per heavy atom. The van der Waals surface area contributed by atoms with E-state index in [0.29, 0.717) is 6.42 Å². The van der Waals surface area contributed by atoms with Gasteiger partial charge in [-0.1, -0.05) is 0 Å². The third kappa shape index (κ3) is 3.43. The molecule has 1 fully saturated rings. The minimum Gasteiger partial charge on any atom is -0.378 e. The molecule has 1 aromatic carbocycles. The Kier molecular flexibility index (Phi) is 4.31. The first-order valence-electron chi connectivity index (χ1n) is 7.48. The van der Waals surface area contributed by atoms with Crippen molar-refractivity contribution in [3.05, 3.63) is 42.2 Å². The van der Waals surface area contributed by atoms with Crippen LogP contribution in [-0.4, -0.2) is 28.4 Å². The lowest BCUT2D eigenvalue weighted by Crippen LogP contribution is -2.25. The van der Waals surface area contributed by atoms with Crippen molar-refractivity contribution in [3.8, 4) is 5.69 Å². The van der Waals surface area contributed by atoms with Gasteiger partial charge in [-0.25, -0.2) is 4.68 Å². The maximum Gasteiger partial charge on any atom is 0.418 e. The third-order valence-corrected chi connectivity index (χ3v) is 3.90. The van der Waals surface area contributed by atoms with E-state index < -0.39 is 23.6 Å². The van der Waals surface area contributed by atoms with Gasteiger partial charge in [-0.3, -0.25) is 4.79 Å². The van der Waals surface area contributed by atoms with E-state index in [1.54, 1.807) is 12.3 Å². The standard InChI is InChI=1S/C16H16F3N3O2/c1-10-7-11(9-24-10)15(23)21-14-4-3-12(22-6-2-5-20-22)8-13(14)16(17,18)19/h2-6,8,10-11H,7,9H2,1H3,(H,21,23)/t10-,11+/m1/s1. The molecule has 2 heterocycles. The highest BCUT2D eigenvalue weighted by molar-refractivity contribution is 5.93. The number of ether oxygens (including phenoxy) is 1. The third-order valence-electron chi connectivity index (χ3n) is 3.90. The second-order valence-corrected chi connectivity index (χ2v) is 5.74. The lowest BCUT2D eigenvalue weighted by Gasteiger charge is -2.17. The van der Waals surface area contributed by atoms with E-state index in [2.05, 4.69) is 10.4 Å². The summed E-state index contributed by atoms with van der Waals surface area (Å²) in [7, 11) is 0. The molecule has 1 aliphatic heterocycles. The Morgan fingerprint density at radius 3 is 2.79 bits per heavy atom. The normalized spacial score (nSPS) is 21.0. The topological polar surface area (TPSA) is 56.2 Å². The quantitative estimate of drug-likeness (QED) is 0.934. The number of hydrogen-bond acceptors (Lipinski definition) is 3. The Balaban J connectivity index is 1.88. The van der Waals surface area contributed by atoms with Crippen molar-refractivity contribution in [2.45, 2.75) is 25.6 Å². The molecule has 1 aromatic heterocycles. The molecular formula is C16H16F3N3O2. The number of carbonyl (C=O) groups is 1. The van der Waals surface area contributed by atoms with Gasteiger partial charge in [0.25, 0.3) is 0 Å². The summed E-state index contributed by atoms with van der Waals surface area (Å²) < 4.78 is 46.7. The first kappa shape index (κ1) is 16.5. The number of benzene rings is 1. The summed E-state index contributed by atoms with van der Waals surface area (Å²) in [6.07, 6.45) is -1.14. The second kappa shape index (κ2) is 6.27. The summed E-state index contributed by atoms with van der Waals surface area (Å²) in [4.78, 5) is 12.2. The fraction of sp³-hybridized carbons (Fsp3) is 0.375. The van der Waals surface area contributed by atoms with E-state index in [9.17, 15) is 18.0 Å². The summed E-state index contributed by atoms with van der Waals surface area (Å²) in [5.41, 5.74) is -0.901. The van der Waals surface area contributed by atoms with E-state index in [-0.39, 0.29) is 24.1 Å². The van der Waals surface area contributed by atoms with Crippen LogP contribution in [-0.2, 0) is 15.7 Å². The largest absolute Gasteiger partial charge is 0.418 e. The number of aromatic nitrogens is 2. The second-order valence-electron chi connectivity index (χ2n) is 5.74. The first-order chi connectivity index (χ1) is 11.3. The average molecular weight is 339 g/mol. The predicted octanol–water partition coefficient (Wildman–Crippen LogP) is 3.25. The number of carbonyl (C=O) groups excluding carboxylic acids is 1. The van der Waals surface area contributed by atoms with Gasteiger partial charge >= 0.3 is 6.18 Å². The van der Waals surface area contributed by atoms with Gasteiger partial charge in [0.2, 0.25) is 5.91 Å². The fourth-order valence-electron chi connectivity index (χ4n) is 2.67. The number of nitrogens with one attached hydrogen (secondary N) is 1. The summed E-state index contributed by atoms with van der Waals surface area (Å²) in [6.45, 7) is 2.05. The minimum atomic E-state index is -4.59. The molecule has 1 amide bonds. The summed E-state index contributed by atoms with van der Waals surface area (Å²) in [6, 6.07) is 5.31. The molecule has 1 N–H and O–H groups in total. The number of anilines is 1. The number of halogens is 3. The Morgan fingerprint density at radius 2 is 2.21 bits per heavy atom. The Hall–Kier alpha value is -2.35. The highest BCUT2D eigenvalue weighted by Crippen LogP contribution is 2.36. The molecule has 5 nitrogen and oxygen atoms in total. The molecule has 0 bridgehead atoms. The van der Waals surface area contributed by atoms with Crippen molar-refractivity contribution >= 4 is 11.6 Å². The summed E-state index contributed by atoms with van der Waals surface area (Å²) in [5, 5.41) is 6.30. The lowest BCUT2D eigenvalue weighted by molar-refractivity contribution is -0.137.